The SMILES string of the molecule is Cl.Cn1cncc1-c1csc(Cc2ccccc2)n1. The van der Waals surface area contributed by atoms with Crippen molar-refractivity contribution in [2.24, 2.45) is 7.05 Å². The highest BCUT2D eigenvalue weighted by atomic mass is 35.5. The number of rotatable bonds is 3. The minimum absolute atomic E-state index is 0. The first-order valence-corrected chi connectivity index (χ1v) is 6.66. The molecule has 2 aromatic heterocycles. The summed E-state index contributed by atoms with van der Waals surface area (Å²) in [5.41, 5.74) is 3.36. The third kappa shape index (κ3) is 3.03. The lowest BCUT2D eigenvalue weighted by Gasteiger charge is -1.97. The molecule has 0 amide bonds. The van der Waals surface area contributed by atoms with Gasteiger partial charge in [-0.3, -0.25) is 0 Å². The second-order valence-electron chi connectivity index (χ2n) is 4.18. The van der Waals surface area contributed by atoms with E-state index in [0.717, 1.165) is 22.8 Å². The largest absolute Gasteiger partial charge is 0.332 e. The Bertz CT molecular complexity index is 646. The molecule has 98 valence electrons. The first kappa shape index (κ1) is 13.8. The van der Waals surface area contributed by atoms with E-state index in [-0.39, 0.29) is 12.4 Å². The highest BCUT2D eigenvalue weighted by Crippen LogP contribution is 2.22. The van der Waals surface area contributed by atoms with Crippen molar-refractivity contribution in [3.8, 4) is 11.4 Å². The highest BCUT2D eigenvalue weighted by molar-refractivity contribution is 7.10. The average molecular weight is 292 g/mol. The van der Waals surface area contributed by atoms with Gasteiger partial charge in [-0.05, 0) is 5.56 Å². The summed E-state index contributed by atoms with van der Waals surface area (Å²) in [7, 11) is 1.98. The molecular weight excluding hydrogens is 278 g/mol. The zero-order chi connectivity index (χ0) is 12.4. The van der Waals surface area contributed by atoms with Crippen molar-refractivity contribution in [3.63, 3.8) is 0 Å². The number of imidazole rings is 1. The fraction of sp³-hybridized carbons (Fsp3) is 0.143. The summed E-state index contributed by atoms with van der Waals surface area (Å²) < 4.78 is 1.99. The molecule has 0 saturated heterocycles. The minimum atomic E-state index is 0. The van der Waals surface area contributed by atoms with Crippen molar-refractivity contribution in [1.82, 2.24) is 14.5 Å². The topological polar surface area (TPSA) is 30.7 Å². The number of hydrogen-bond acceptors (Lipinski definition) is 3. The zero-order valence-corrected chi connectivity index (χ0v) is 12.1. The smallest absolute Gasteiger partial charge is 0.0995 e. The molecule has 0 bridgehead atoms. The molecular formula is C14H14ClN3S. The van der Waals surface area contributed by atoms with Crippen LogP contribution in [0.3, 0.4) is 0 Å². The molecule has 0 spiro atoms. The van der Waals surface area contributed by atoms with Gasteiger partial charge in [-0.15, -0.1) is 23.7 Å². The molecule has 5 heteroatoms. The minimum Gasteiger partial charge on any atom is -0.332 e. The molecule has 3 rings (SSSR count). The van der Waals surface area contributed by atoms with Crippen LogP contribution in [-0.2, 0) is 13.5 Å². The Morgan fingerprint density at radius 2 is 2.00 bits per heavy atom. The number of aryl methyl sites for hydroxylation is 1. The quantitative estimate of drug-likeness (QED) is 0.739. The van der Waals surface area contributed by atoms with Gasteiger partial charge in [0.1, 0.15) is 0 Å². The Balaban J connectivity index is 0.00000133. The molecule has 3 nitrogen and oxygen atoms in total. The van der Waals surface area contributed by atoms with Crippen LogP contribution in [0.1, 0.15) is 10.6 Å². The van der Waals surface area contributed by atoms with Gasteiger partial charge in [-0.2, -0.15) is 0 Å². The van der Waals surface area contributed by atoms with Crippen LogP contribution in [0.15, 0.2) is 48.2 Å². The van der Waals surface area contributed by atoms with Crippen molar-refractivity contribution < 1.29 is 0 Å². The third-order valence-electron chi connectivity index (χ3n) is 2.83. The van der Waals surface area contributed by atoms with Gasteiger partial charge in [-0.25, -0.2) is 9.97 Å². The van der Waals surface area contributed by atoms with E-state index < -0.39 is 0 Å². The molecule has 19 heavy (non-hydrogen) atoms. The summed E-state index contributed by atoms with van der Waals surface area (Å²) >= 11 is 1.70. The molecule has 3 aromatic rings. The first-order chi connectivity index (χ1) is 8.83. The molecule has 0 atom stereocenters. The van der Waals surface area contributed by atoms with E-state index in [0.29, 0.717) is 0 Å². The maximum Gasteiger partial charge on any atom is 0.0995 e. The molecule has 1 aromatic carbocycles. The number of thiazole rings is 1. The van der Waals surface area contributed by atoms with E-state index in [9.17, 15) is 0 Å². The Kier molecular flexibility index (Phi) is 4.35. The molecule has 2 heterocycles. The fourth-order valence-electron chi connectivity index (χ4n) is 1.88. The Morgan fingerprint density at radius 3 is 2.68 bits per heavy atom. The lowest BCUT2D eigenvalue weighted by Crippen LogP contribution is -1.91. The Hall–Kier alpha value is -1.65. The maximum absolute atomic E-state index is 4.67. The number of nitrogens with zero attached hydrogens (tertiary/aromatic N) is 3. The molecule has 0 N–H and O–H groups in total. The molecule has 0 saturated carbocycles. The zero-order valence-electron chi connectivity index (χ0n) is 10.5. The van der Waals surface area contributed by atoms with Crippen molar-refractivity contribution in [2.45, 2.75) is 6.42 Å². The lowest BCUT2D eigenvalue weighted by molar-refractivity contribution is 0.916. The van der Waals surface area contributed by atoms with Gasteiger partial charge in [0.25, 0.3) is 0 Å². The first-order valence-electron chi connectivity index (χ1n) is 5.78. The molecule has 0 fully saturated rings. The normalized spacial score (nSPS) is 10.2. The summed E-state index contributed by atoms with van der Waals surface area (Å²) in [5, 5.41) is 3.23. The average Bonchev–Trinajstić information content (AvgIpc) is 2.99. The lowest BCUT2D eigenvalue weighted by atomic mass is 10.2. The van der Waals surface area contributed by atoms with E-state index in [1.807, 2.05) is 23.9 Å². The van der Waals surface area contributed by atoms with Gasteiger partial charge in [-0.1, -0.05) is 30.3 Å². The summed E-state index contributed by atoms with van der Waals surface area (Å²) in [4.78, 5) is 8.79. The van der Waals surface area contributed by atoms with Crippen molar-refractivity contribution >= 4 is 23.7 Å². The fourth-order valence-corrected chi connectivity index (χ4v) is 2.71. The maximum atomic E-state index is 4.67. The number of halogens is 1. The van der Waals surface area contributed by atoms with Gasteiger partial charge in [0.2, 0.25) is 0 Å². The van der Waals surface area contributed by atoms with Gasteiger partial charge in [0, 0.05) is 18.8 Å². The Labute approximate surface area is 122 Å². The number of aromatic nitrogens is 3. The van der Waals surface area contributed by atoms with Crippen molar-refractivity contribution in [1.29, 1.82) is 0 Å². The van der Waals surface area contributed by atoms with Crippen LogP contribution < -0.4 is 0 Å². The summed E-state index contributed by atoms with van der Waals surface area (Å²) in [6, 6.07) is 10.4. The molecule has 0 unspecified atom stereocenters. The molecule has 0 radical (unpaired) electrons. The summed E-state index contributed by atoms with van der Waals surface area (Å²) in [6.45, 7) is 0. The van der Waals surface area contributed by atoms with Crippen molar-refractivity contribution in [3.05, 3.63) is 58.8 Å². The van der Waals surface area contributed by atoms with Gasteiger partial charge in [0.15, 0.2) is 0 Å². The summed E-state index contributed by atoms with van der Waals surface area (Å²) in [6.07, 6.45) is 4.54. The van der Waals surface area contributed by atoms with Crippen LogP contribution in [-0.4, -0.2) is 14.5 Å². The molecule has 0 aliphatic heterocycles. The van der Waals surface area contributed by atoms with Crippen LogP contribution in [0.4, 0.5) is 0 Å². The number of benzene rings is 1. The van der Waals surface area contributed by atoms with E-state index in [1.165, 1.54) is 5.56 Å². The number of hydrogen-bond donors (Lipinski definition) is 0. The van der Waals surface area contributed by atoms with E-state index in [1.54, 1.807) is 17.7 Å². The van der Waals surface area contributed by atoms with E-state index >= 15 is 0 Å². The summed E-state index contributed by atoms with van der Waals surface area (Å²) in [5.74, 6) is 0. The van der Waals surface area contributed by atoms with E-state index in [4.69, 9.17) is 0 Å². The predicted octanol–water partition coefficient (Wildman–Crippen LogP) is 3.56. The molecule has 0 aliphatic carbocycles. The second-order valence-corrected chi connectivity index (χ2v) is 5.12. The van der Waals surface area contributed by atoms with Crippen LogP contribution in [0.25, 0.3) is 11.4 Å². The third-order valence-corrected chi connectivity index (χ3v) is 3.68. The van der Waals surface area contributed by atoms with Crippen LogP contribution in [0.5, 0.6) is 0 Å². The Morgan fingerprint density at radius 1 is 1.21 bits per heavy atom. The molecule has 0 aliphatic rings. The predicted molar refractivity (Wildman–Crippen MR) is 80.8 cm³/mol. The monoisotopic (exact) mass is 291 g/mol. The second kappa shape index (κ2) is 5.99. The highest BCUT2D eigenvalue weighted by Gasteiger charge is 2.08. The van der Waals surface area contributed by atoms with Crippen LogP contribution in [0.2, 0.25) is 0 Å². The van der Waals surface area contributed by atoms with E-state index in [2.05, 4.69) is 39.6 Å². The standard InChI is InChI=1S/C14H13N3S.ClH/c1-17-10-15-8-13(17)12-9-18-14(16-12)7-11-5-3-2-4-6-11;/h2-6,8-10H,7H2,1H3;1H. The van der Waals surface area contributed by atoms with Crippen LogP contribution >= 0.6 is 23.7 Å². The van der Waals surface area contributed by atoms with Gasteiger partial charge >= 0.3 is 0 Å². The van der Waals surface area contributed by atoms with Crippen LogP contribution in [0, 0.1) is 0 Å². The van der Waals surface area contributed by atoms with Gasteiger partial charge in [0.05, 0.1) is 28.9 Å². The van der Waals surface area contributed by atoms with Crippen molar-refractivity contribution in [2.75, 3.05) is 0 Å². The van der Waals surface area contributed by atoms with Gasteiger partial charge < -0.3 is 4.57 Å².